The molecule has 0 N–H and O–H groups in total. The number of ether oxygens (including phenoxy) is 1. The zero-order valence-corrected chi connectivity index (χ0v) is 16.9. The van der Waals surface area contributed by atoms with Crippen LogP contribution in [0.1, 0.15) is 11.4 Å². The predicted octanol–water partition coefficient (Wildman–Crippen LogP) is 2.89. The molecule has 1 aliphatic rings. The molecule has 4 rings (SSSR count). The zero-order chi connectivity index (χ0) is 20.2. The van der Waals surface area contributed by atoms with Crippen LogP contribution in [0.4, 0.5) is 5.69 Å². The minimum Gasteiger partial charge on any atom is -0.497 e. The molecule has 6 nitrogen and oxygen atoms in total. The minimum atomic E-state index is 0.0942. The smallest absolute Gasteiger partial charge is 0.241 e. The highest BCUT2D eigenvalue weighted by molar-refractivity contribution is 5.95. The van der Waals surface area contributed by atoms with Crippen molar-refractivity contribution in [2.24, 2.45) is 7.05 Å². The number of carbonyl (C=O) groups is 1. The highest BCUT2D eigenvalue weighted by Gasteiger charge is 2.33. The minimum absolute atomic E-state index is 0.0942. The normalized spacial score (nSPS) is 17.5. The Labute approximate surface area is 171 Å². The van der Waals surface area contributed by atoms with Crippen LogP contribution >= 0.6 is 0 Å². The topological polar surface area (TPSA) is 50.6 Å². The van der Waals surface area contributed by atoms with Crippen molar-refractivity contribution in [3.05, 3.63) is 78.4 Å². The number of amides is 1. The van der Waals surface area contributed by atoms with Crippen molar-refractivity contribution in [1.29, 1.82) is 0 Å². The van der Waals surface area contributed by atoms with Gasteiger partial charge in [-0.2, -0.15) is 0 Å². The van der Waals surface area contributed by atoms with E-state index in [1.54, 1.807) is 13.3 Å². The highest BCUT2D eigenvalue weighted by atomic mass is 16.5. The van der Waals surface area contributed by atoms with Crippen LogP contribution in [0, 0.1) is 0 Å². The largest absolute Gasteiger partial charge is 0.497 e. The van der Waals surface area contributed by atoms with E-state index >= 15 is 0 Å². The Morgan fingerprint density at radius 2 is 1.97 bits per heavy atom. The lowest BCUT2D eigenvalue weighted by atomic mass is 10.0. The summed E-state index contributed by atoms with van der Waals surface area (Å²) in [6.45, 7) is 1.64. The molecule has 0 bridgehead atoms. The number of benzene rings is 2. The highest BCUT2D eigenvalue weighted by Crippen LogP contribution is 2.26. The molecule has 0 unspecified atom stereocenters. The van der Waals surface area contributed by atoms with Crippen LogP contribution in [0.25, 0.3) is 0 Å². The number of aromatic nitrogens is 2. The first kappa shape index (κ1) is 19.2. The van der Waals surface area contributed by atoms with E-state index in [4.69, 9.17) is 4.74 Å². The van der Waals surface area contributed by atoms with Gasteiger partial charge in [-0.3, -0.25) is 9.69 Å². The predicted molar refractivity (Wildman–Crippen MR) is 113 cm³/mol. The van der Waals surface area contributed by atoms with Crippen molar-refractivity contribution in [1.82, 2.24) is 14.5 Å². The molecule has 2 aromatic carbocycles. The number of hydrogen-bond acceptors (Lipinski definition) is 4. The van der Waals surface area contributed by atoms with Gasteiger partial charge in [0.15, 0.2) is 0 Å². The molecule has 0 saturated carbocycles. The molecular weight excluding hydrogens is 364 g/mol. The lowest BCUT2D eigenvalue weighted by Crippen LogP contribution is -2.56. The number of nitrogens with zero attached hydrogens (tertiary/aromatic N) is 4. The molecule has 1 saturated heterocycles. The number of rotatable bonds is 6. The van der Waals surface area contributed by atoms with Gasteiger partial charge in [0.1, 0.15) is 11.6 Å². The summed E-state index contributed by atoms with van der Waals surface area (Å²) in [5.74, 6) is 1.81. The van der Waals surface area contributed by atoms with Crippen LogP contribution in [0.5, 0.6) is 5.75 Å². The SMILES string of the molecule is COc1cccc(N2C[C@@H](Cc3ccccc3)N(Cc3nccn3C)CC2=O)c1. The number of methoxy groups -OCH3 is 1. The van der Waals surface area contributed by atoms with Crippen LogP contribution in [0.2, 0.25) is 0 Å². The lowest BCUT2D eigenvalue weighted by molar-refractivity contribution is -0.122. The molecule has 3 aromatic rings. The number of carbonyl (C=O) groups excluding carboxylic acids is 1. The number of anilines is 1. The van der Waals surface area contributed by atoms with Gasteiger partial charge in [0.05, 0.1) is 20.2 Å². The summed E-state index contributed by atoms with van der Waals surface area (Å²) in [5, 5.41) is 0. The maximum atomic E-state index is 13.0. The molecule has 29 heavy (non-hydrogen) atoms. The number of aryl methyl sites for hydroxylation is 1. The third-order valence-corrected chi connectivity index (χ3v) is 5.49. The van der Waals surface area contributed by atoms with E-state index in [1.807, 2.05) is 53.0 Å². The fraction of sp³-hybridized carbons (Fsp3) is 0.304. The summed E-state index contributed by atoms with van der Waals surface area (Å²) in [6, 6.07) is 18.3. The summed E-state index contributed by atoms with van der Waals surface area (Å²) < 4.78 is 7.36. The Kier molecular flexibility index (Phi) is 5.62. The molecule has 6 heteroatoms. The lowest BCUT2D eigenvalue weighted by Gasteiger charge is -2.41. The van der Waals surface area contributed by atoms with E-state index in [9.17, 15) is 4.79 Å². The van der Waals surface area contributed by atoms with Crippen molar-refractivity contribution >= 4 is 11.6 Å². The number of hydrogen-bond donors (Lipinski definition) is 0. The van der Waals surface area contributed by atoms with Crippen molar-refractivity contribution in [2.75, 3.05) is 25.1 Å². The van der Waals surface area contributed by atoms with Crippen LogP contribution in [0.15, 0.2) is 67.0 Å². The Bertz CT molecular complexity index is 970. The molecule has 1 atom stereocenters. The van der Waals surface area contributed by atoms with Gasteiger partial charge in [0, 0.05) is 43.8 Å². The molecule has 0 spiro atoms. The second-order valence-electron chi connectivity index (χ2n) is 7.41. The van der Waals surface area contributed by atoms with Gasteiger partial charge in [-0.05, 0) is 24.1 Å². The molecule has 0 radical (unpaired) electrons. The van der Waals surface area contributed by atoms with Crippen molar-refractivity contribution in [3.8, 4) is 5.75 Å². The van der Waals surface area contributed by atoms with Gasteiger partial charge >= 0.3 is 0 Å². The Morgan fingerprint density at radius 3 is 2.69 bits per heavy atom. The van der Waals surface area contributed by atoms with Gasteiger partial charge in [0.25, 0.3) is 0 Å². The summed E-state index contributed by atoms with van der Waals surface area (Å²) in [6.07, 6.45) is 4.62. The van der Waals surface area contributed by atoms with E-state index < -0.39 is 0 Å². The average Bonchev–Trinajstić information content (AvgIpc) is 3.15. The monoisotopic (exact) mass is 390 g/mol. The van der Waals surface area contributed by atoms with Crippen LogP contribution in [-0.4, -0.2) is 46.6 Å². The van der Waals surface area contributed by atoms with Gasteiger partial charge in [0.2, 0.25) is 5.91 Å². The van der Waals surface area contributed by atoms with Crippen molar-refractivity contribution in [2.45, 2.75) is 19.0 Å². The van der Waals surface area contributed by atoms with E-state index in [0.29, 0.717) is 19.6 Å². The fourth-order valence-electron chi connectivity index (χ4n) is 3.84. The second-order valence-corrected chi connectivity index (χ2v) is 7.41. The average molecular weight is 390 g/mol. The second kappa shape index (κ2) is 8.49. The van der Waals surface area contributed by atoms with Gasteiger partial charge in [-0.15, -0.1) is 0 Å². The van der Waals surface area contributed by atoms with Gasteiger partial charge < -0.3 is 14.2 Å². The van der Waals surface area contributed by atoms with Gasteiger partial charge in [-0.25, -0.2) is 4.98 Å². The molecule has 1 fully saturated rings. The first-order valence-corrected chi connectivity index (χ1v) is 9.82. The fourth-order valence-corrected chi connectivity index (χ4v) is 3.84. The zero-order valence-electron chi connectivity index (χ0n) is 16.9. The van der Waals surface area contributed by atoms with Crippen molar-refractivity contribution < 1.29 is 9.53 Å². The van der Waals surface area contributed by atoms with Crippen LogP contribution in [0.3, 0.4) is 0 Å². The van der Waals surface area contributed by atoms with E-state index in [1.165, 1.54) is 5.56 Å². The third kappa shape index (κ3) is 4.32. The van der Waals surface area contributed by atoms with E-state index in [-0.39, 0.29) is 11.9 Å². The summed E-state index contributed by atoms with van der Waals surface area (Å²) in [5.41, 5.74) is 2.14. The Morgan fingerprint density at radius 1 is 1.14 bits per heavy atom. The molecule has 2 heterocycles. The third-order valence-electron chi connectivity index (χ3n) is 5.49. The van der Waals surface area contributed by atoms with E-state index in [2.05, 4.69) is 34.1 Å². The molecule has 1 aliphatic heterocycles. The Balaban J connectivity index is 1.60. The molecule has 150 valence electrons. The molecule has 0 aliphatic carbocycles. The standard InChI is InChI=1S/C23H26N4O2/c1-25-12-11-24-22(25)16-26-17-23(28)27(19-9-6-10-21(14-19)29-2)15-20(26)13-18-7-4-3-5-8-18/h3-12,14,20H,13,15-17H2,1-2H3/t20-/m1/s1. The molecule has 1 amide bonds. The Hall–Kier alpha value is -3.12. The van der Waals surface area contributed by atoms with Crippen LogP contribution < -0.4 is 9.64 Å². The summed E-state index contributed by atoms with van der Waals surface area (Å²) >= 11 is 0. The first-order chi connectivity index (χ1) is 14.1. The summed E-state index contributed by atoms with van der Waals surface area (Å²) in [7, 11) is 3.63. The van der Waals surface area contributed by atoms with Gasteiger partial charge in [-0.1, -0.05) is 36.4 Å². The maximum Gasteiger partial charge on any atom is 0.241 e. The first-order valence-electron chi connectivity index (χ1n) is 9.82. The quantitative estimate of drug-likeness (QED) is 0.649. The van der Waals surface area contributed by atoms with Crippen molar-refractivity contribution in [3.63, 3.8) is 0 Å². The number of imidazole rings is 1. The van der Waals surface area contributed by atoms with E-state index in [0.717, 1.165) is 23.7 Å². The maximum absolute atomic E-state index is 13.0. The molecular formula is C23H26N4O2. The van der Waals surface area contributed by atoms with Crippen LogP contribution in [-0.2, 0) is 24.8 Å². The summed E-state index contributed by atoms with van der Waals surface area (Å²) in [4.78, 5) is 21.6. The molecule has 1 aromatic heterocycles. The number of piperazine rings is 1.